The zero-order valence-corrected chi connectivity index (χ0v) is 16.2. The zero-order chi connectivity index (χ0) is 18.5. The summed E-state index contributed by atoms with van der Waals surface area (Å²) in [5.74, 6) is -0.978. The Bertz CT molecular complexity index is 971. The van der Waals surface area contributed by atoms with E-state index in [1.165, 1.54) is 12.1 Å². The van der Waals surface area contributed by atoms with Crippen LogP contribution in [0.25, 0.3) is 0 Å². The Hall–Kier alpha value is -1.41. The summed E-state index contributed by atoms with van der Waals surface area (Å²) in [6, 6.07) is 10.2. The van der Waals surface area contributed by atoms with E-state index in [0.717, 1.165) is 22.5 Å². The number of nitrogens with one attached hydrogen (secondary N) is 1. The van der Waals surface area contributed by atoms with Crippen molar-refractivity contribution in [1.29, 1.82) is 0 Å². The Morgan fingerprint density at radius 1 is 1.23 bits per heavy atom. The predicted molar refractivity (Wildman–Crippen MR) is 100 cm³/mol. The van der Waals surface area contributed by atoms with Crippen LogP contribution in [0.15, 0.2) is 40.6 Å². The van der Waals surface area contributed by atoms with Crippen molar-refractivity contribution < 1.29 is 18.3 Å². The summed E-state index contributed by atoms with van der Waals surface area (Å²) in [6.07, 6.45) is 2.19. The lowest BCUT2D eigenvalue weighted by Crippen LogP contribution is -2.51. The topological polar surface area (TPSA) is 83.5 Å². The van der Waals surface area contributed by atoms with Gasteiger partial charge in [0.05, 0.1) is 9.75 Å². The van der Waals surface area contributed by atoms with E-state index in [2.05, 4.69) is 4.72 Å². The molecule has 0 spiro atoms. The fraction of sp³-hybridized carbons (Fsp3) is 0.389. The van der Waals surface area contributed by atoms with Crippen molar-refractivity contribution in [3.63, 3.8) is 0 Å². The molecule has 4 rings (SSSR count). The normalized spacial score (nSPS) is 27.7. The highest BCUT2D eigenvalue weighted by atomic mass is 35.5. The number of carboxylic acids is 1. The van der Waals surface area contributed by atoms with E-state index in [0.29, 0.717) is 30.0 Å². The molecule has 8 heteroatoms. The minimum absolute atomic E-state index is 0.0417. The van der Waals surface area contributed by atoms with E-state index >= 15 is 0 Å². The number of hydrogen-bond donors (Lipinski definition) is 2. The maximum Gasteiger partial charge on any atom is 0.311 e. The van der Waals surface area contributed by atoms with Crippen molar-refractivity contribution in [2.75, 3.05) is 0 Å². The summed E-state index contributed by atoms with van der Waals surface area (Å²) in [5.41, 5.74) is 0.995. The SMILES string of the molecule is O=C(O)C12CCC(Cc3ccccc3C1)C2NS(=O)(=O)c1ccc(Cl)s1. The Kier molecular flexibility index (Phi) is 4.38. The summed E-state index contributed by atoms with van der Waals surface area (Å²) >= 11 is 6.85. The maximum absolute atomic E-state index is 12.8. The lowest BCUT2D eigenvalue weighted by Gasteiger charge is -2.32. The fourth-order valence-corrected chi connectivity index (χ4v) is 7.26. The van der Waals surface area contributed by atoms with Gasteiger partial charge in [0, 0.05) is 6.04 Å². The first-order valence-corrected chi connectivity index (χ1v) is 11.1. The number of sulfonamides is 1. The Balaban J connectivity index is 1.75. The molecule has 1 heterocycles. The maximum atomic E-state index is 12.8. The van der Waals surface area contributed by atoms with Gasteiger partial charge in [-0.05, 0) is 54.9 Å². The molecule has 2 bridgehead atoms. The first-order valence-electron chi connectivity index (χ1n) is 8.40. The van der Waals surface area contributed by atoms with E-state index in [1.807, 2.05) is 24.3 Å². The average Bonchev–Trinajstić information content (AvgIpc) is 3.11. The van der Waals surface area contributed by atoms with Crippen LogP contribution in [0, 0.1) is 11.3 Å². The van der Waals surface area contributed by atoms with Crippen molar-refractivity contribution in [2.45, 2.75) is 35.9 Å². The highest BCUT2D eigenvalue weighted by Crippen LogP contribution is 2.49. The monoisotopic (exact) mass is 411 g/mol. The first kappa shape index (κ1) is 18.0. The molecule has 26 heavy (non-hydrogen) atoms. The predicted octanol–water partition coefficient (Wildman–Crippen LogP) is 3.33. The number of rotatable bonds is 4. The van der Waals surface area contributed by atoms with Gasteiger partial charge in [-0.15, -0.1) is 11.3 Å². The quantitative estimate of drug-likeness (QED) is 0.808. The molecule has 2 aliphatic carbocycles. The van der Waals surface area contributed by atoms with Gasteiger partial charge in [0.15, 0.2) is 0 Å². The molecule has 3 unspecified atom stereocenters. The number of fused-ring (bicyclic) bond motifs is 3. The molecular weight excluding hydrogens is 394 g/mol. The molecule has 1 aromatic heterocycles. The van der Waals surface area contributed by atoms with Crippen LogP contribution in [-0.4, -0.2) is 25.5 Å². The summed E-state index contributed by atoms with van der Waals surface area (Å²) in [7, 11) is -3.82. The first-order chi connectivity index (χ1) is 12.3. The zero-order valence-electron chi connectivity index (χ0n) is 13.8. The van der Waals surface area contributed by atoms with Crippen LogP contribution in [0.5, 0.6) is 0 Å². The summed E-state index contributed by atoms with van der Waals surface area (Å²) in [4.78, 5) is 12.3. The summed E-state index contributed by atoms with van der Waals surface area (Å²) in [6.45, 7) is 0. The molecule has 0 aliphatic heterocycles. The molecule has 3 atom stereocenters. The molecule has 1 saturated carbocycles. The largest absolute Gasteiger partial charge is 0.481 e. The van der Waals surface area contributed by atoms with E-state index in [4.69, 9.17) is 11.6 Å². The molecule has 2 aromatic rings. The van der Waals surface area contributed by atoms with Gasteiger partial charge in [0.1, 0.15) is 4.21 Å². The number of thiophene rings is 1. The summed E-state index contributed by atoms with van der Waals surface area (Å²) in [5, 5.41) is 10.1. The Morgan fingerprint density at radius 2 is 1.96 bits per heavy atom. The molecular formula is C18H18ClNO4S2. The van der Waals surface area contributed by atoms with Crippen molar-refractivity contribution in [3.05, 3.63) is 51.9 Å². The van der Waals surface area contributed by atoms with Gasteiger partial charge >= 0.3 is 5.97 Å². The molecule has 1 aromatic carbocycles. The second-order valence-electron chi connectivity index (χ2n) is 7.07. The molecule has 2 aliphatic rings. The standard InChI is InChI=1S/C18H18ClNO4S2/c19-14-5-6-15(25-14)26(23,24)20-16-12-7-8-18(16,17(21)22)10-13-4-2-1-3-11(13)9-12/h1-6,12,16,20H,7-10H2,(H,21,22). The van der Waals surface area contributed by atoms with Crippen molar-refractivity contribution >= 4 is 38.9 Å². The van der Waals surface area contributed by atoms with Crippen LogP contribution >= 0.6 is 22.9 Å². The lowest BCUT2D eigenvalue weighted by molar-refractivity contribution is -0.149. The Labute approximate surface area is 161 Å². The molecule has 0 radical (unpaired) electrons. The molecule has 2 N–H and O–H groups in total. The number of benzene rings is 1. The number of halogens is 1. The fourth-order valence-electron chi connectivity index (χ4n) is 4.38. The lowest BCUT2D eigenvalue weighted by atomic mass is 9.77. The third kappa shape index (κ3) is 2.87. The molecule has 5 nitrogen and oxygen atoms in total. The molecule has 0 saturated heterocycles. The molecule has 138 valence electrons. The highest BCUT2D eigenvalue weighted by molar-refractivity contribution is 7.91. The summed E-state index contributed by atoms with van der Waals surface area (Å²) < 4.78 is 28.9. The molecule has 0 amide bonds. The number of carboxylic acid groups (broad SMARTS) is 1. The van der Waals surface area contributed by atoms with E-state index in [-0.39, 0.29) is 10.1 Å². The minimum Gasteiger partial charge on any atom is -0.481 e. The van der Waals surface area contributed by atoms with Crippen molar-refractivity contribution in [3.8, 4) is 0 Å². The van der Waals surface area contributed by atoms with Gasteiger partial charge in [-0.2, -0.15) is 0 Å². The van der Waals surface area contributed by atoms with Crippen LogP contribution in [0.1, 0.15) is 24.0 Å². The van der Waals surface area contributed by atoms with Gasteiger partial charge in [-0.1, -0.05) is 35.9 Å². The van der Waals surface area contributed by atoms with E-state index in [1.54, 1.807) is 0 Å². The highest BCUT2D eigenvalue weighted by Gasteiger charge is 2.56. The van der Waals surface area contributed by atoms with E-state index < -0.39 is 27.4 Å². The van der Waals surface area contributed by atoms with Crippen molar-refractivity contribution in [1.82, 2.24) is 4.72 Å². The van der Waals surface area contributed by atoms with Gasteiger partial charge in [-0.3, -0.25) is 4.79 Å². The van der Waals surface area contributed by atoms with Crippen LogP contribution in [0.3, 0.4) is 0 Å². The number of hydrogen-bond acceptors (Lipinski definition) is 4. The van der Waals surface area contributed by atoms with Gasteiger partial charge in [0.25, 0.3) is 0 Å². The van der Waals surface area contributed by atoms with Gasteiger partial charge in [0.2, 0.25) is 10.0 Å². The molecule has 1 fully saturated rings. The van der Waals surface area contributed by atoms with Crippen LogP contribution < -0.4 is 4.72 Å². The average molecular weight is 412 g/mol. The van der Waals surface area contributed by atoms with Crippen LogP contribution in [0.4, 0.5) is 0 Å². The van der Waals surface area contributed by atoms with Gasteiger partial charge < -0.3 is 5.11 Å². The third-order valence-corrected chi connectivity index (χ3v) is 8.82. The Morgan fingerprint density at radius 3 is 2.62 bits per heavy atom. The van der Waals surface area contributed by atoms with E-state index in [9.17, 15) is 18.3 Å². The smallest absolute Gasteiger partial charge is 0.311 e. The third-order valence-electron chi connectivity index (χ3n) is 5.66. The second-order valence-corrected chi connectivity index (χ2v) is 10.7. The van der Waals surface area contributed by atoms with Crippen LogP contribution in [-0.2, 0) is 27.7 Å². The van der Waals surface area contributed by atoms with Gasteiger partial charge in [-0.25, -0.2) is 13.1 Å². The van der Waals surface area contributed by atoms with Crippen LogP contribution in [0.2, 0.25) is 4.34 Å². The minimum atomic E-state index is -3.82. The number of carbonyl (C=O) groups is 1. The van der Waals surface area contributed by atoms with Crippen molar-refractivity contribution in [2.24, 2.45) is 11.3 Å². The second kappa shape index (κ2) is 6.34. The number of aliphatic carboxylic acids is 1.